The largest absolute Gasteiger partial charge is 0.368 e. The number of hydrogen-bond acceptors (Lipinski definition) is 6. The molecule has 4 rings (SSSR count). The Morgan fingerprint density at radius 1 is 0.690 bits per heavy atom. The molecule has 0 unspecified atom stereocenters. The van der Waals surface area contributed by atoms with E-state index in [4.69, 9.17) is 28.9 Å². The molecule has 3 aromatic carbocycles. The van der Waals surface area contributed by atoms with Gasteiger partial charge in [-0.1, -0.05) is 41.4 Å². The Hall–Kier alpha value is -3.35. The van der Waals surface area contributed by atoms with Crippen molar-refractivity contribution in [3.05, 3.63) is 88.9 Å². The van der Waals surface area contributed by atoms with Crippen molar-refractivity contribution < 1.29 is 0 Å². The van der Waals surface area contributed by atoms with Crippen molar-refractivity contribution in [2.45, 2.75) is 0 Å². The van der Waals surface area contributed by atoms with Crippen molar-refractivity contribution in [2.24, 2.45) is 0 Å². The van der Waals surface area contributed by atoms with Gasteiger partial charge in [-0.25, -0.2) is 0 Å². The number of rotatable bonds is 5. The minimum Gasteiger partial charge on any atom is -0.368 e. The lowest BCUT2D eigenvalue weighted by Crippen LogP contribution is -2.16. The molecule has 8 heteroatoms. The monoisotopic (exact) mass is 422 g/mol. The van der Waals surface area contributed by atoms with Gasteiger partial charge < -0.3 is 11.1 Å². The van der Waals surface area contributed by atoms with Gasteiger partial charge in [-0.3, -0.25) is 4.90 Å². The van der Waals surface area contributed by atoms with Crippen LogP contribution in [0.15, 0.2) is 78.9 Å². The predicted molar refractivity (Wildman–Crippen MR) is 119 cm³/mol. The van der Waals surface area contributed by atoms with Crippen molar-refractivity contribution in [1.82, 2.24) is 15.0 Å². The number of benzene rings is 3. The van der Waals surface area contributed by atoms with Gasteiger partial charge in [-0.15, -0.1) is 0 Å². The number of nitrogens with one attached hydrogen (secondary N) is 1. The summed E-state index contributed by atoms with van der Waals surface area (Å²) in [5.74, 6) is 0.800. The molecule has 0 aliphatic carbocycles. The summed E-state index contributed by atoms with van der Waals surface area (Å²) in [6, 6.07) is 24.3. The van der Waals surface area contributed by atoms with Crippen LogP contribution in [0.2, 0.25) is 10.0 Å². The molecular weight excluding hydrogens is 407 g/mol. The predicted octanol–water partition coefficient (Wildman–Crippen LogP) is 5.97. The maximum Gasteiger partial charge on any atom is 0.241 e. The summed E-state index contributed by atoms with van der Waals surface area (Å²) in [7, 11) is 0. The van der Waals surface area contributed by atoms with E-state index in [9.17, 15) is 0 Å². The highest BCUT2D eigenvalue weighted by Gasteiger charge is 2.17. The lowest BCUT2D eigenvalue weighted by Gasteiger charge is -2.23. The molecule has 0 radical (unpaired) electrons. The van der Waals surface area contributed by atoms with Crippen molar-refractivity contribution in [1.29, 1.82) is 0 Å². The summed E-state index contributed by atoms with van der Waals surface area (Å²) in [5.41, 5.74) is 8.45. The first-order valence-corrected chi connectivity index (χ1v) is 9.49. The molecule has 0 spiro atoms. The van der Waals surface area contributed by atoms with Gasteiger partial charge >= 0.3 is 0 Å². The summed E-state index contributed by atoms with van der Waals surface area (Å²) in [6.45, 7) is 0. The Morgan fingerprint density at radius 2 is 1.24 bits per heavy atom. The van der Waals surface area contributed by atoms with Crippen LogP contribution >= 0.6 is 23.2 Å². The molecule has 0 aliphatic rings. The molecule has 0 saturated carbocycles. The number of anilines is 6. The van der Waals surface area contributed by atoms with E-state index in [1.54, 1.807) is 24.3 Å². The number of para-hydroxylation sites is 1. The highest BCUT2D eigenvalue weighted by molar-refractivity contribution is 6.31. The normalized spacial score (nSPS) is 10.6. The molecule has 0 saturated heterocycles. The second-order valence-corrected chi connectivity index (χ2v) is 6.97. The van der Waals surface area contributed by atoms with E-state index in [2.05, 4.69) is 20.3 Å². The summed E-state index contributed by atoms with van der Waals surface area (Å²) >= 11 is 12.1. The molecule has 1 aromatic heterocycles. The van der Waals surface area contributed by atoms with Crippen molar-refractivity contribution in [3.8, 4) is 0 Å². The lowest BCUT2D eigenvalue weighted by molar-refractivity contribution is 1.03. The molecule has 144 valence electrons. The number of hydrogen-bond donors (Lipinski definition) is 2. The fourth-order valence-corrected chi connectivity index (χ4v) is 3.00. The first-order valence-electron chi connectivity index (χ1n) is 8.73. The molecule has 0 aliphatic heterocycles. The Kier molecular flexibility index (Phi) is 5.46. The second kappa shape index (κ2) is 8.34. The molecule has 0 fully saturated rings. The Morgan fingerprint density at radius 3 is 1.79 bits per heavy atom. The van der Waals surface area contributed by atoms with Gasteiger partial charge in [-0.2, -0.15) is 15.0 Å². The van der Waals surface area contributed by atoms with Gasteiger partial charge in [0.2, 0.25) is 17.8 Å². The zero-order valence-electron chi connectivity index (χ0n) is 15.1. The quantitative estimate of drug-likeness (QED) is 0.412. The van der Waals surface area contributed by atoms with Crippen LogP contribution in [0, 0.1) is 0 Å². The van der Waals surface area contributed by atoms with Crippen LogP contribution in [0.5, 0.6) is 0 Å². The summed E-state index contributed by atoms with van der Waals surface area (Å²) < 4.78 is 0. The van der Waals surface area contributed by atoms with E-state index in [1.807, 2.05) is 59.5 Å². The molecule has 0 atom stereocenters. The van der Waals surface area contributed by atoms with Gasteiger partial charge in [-0.05, 0) is 60.7 Å². The zero-order chi connectivity index (χ0) is 20.2. The number of nitrogen functional groups attached to an aromatic ring is 1. The molecule has 6 nitrogen and oxygen atoms in total. The van der Waals surface area contributed by atoms with Gasteiger partial charge in [0.05, 0.1) is 0 Å². The minimum atomic E-state index is 0.0985. The summed E-state index contributed by atoms with van der Waals surface area (Å²) in [4.78, 5) is 15.0. The third-order valence-electron chi connectivity index (χ3n) is 4.04. The van der Waals surface area contributed by atoms with E-state index < -0.39 is 0 Å². The topological polar surface area (TPSA) is 80.0 Å². The van der Waals surface area contributed by atoms with Crippen molar-refractivity contribution in [2.75, 3.05) is 16.0 Å². The van der Waals surface area contributed by atoms with Crippen LogP contribution in [-0.2, 0) is 0 Å². The fraction of sp³-hybridized carbons (Fsp3) is 0. The van der Waals surface area contributed by atoms with Gasteiger partial charge in [0.1, 0.15) is 0 Å². The summed E-state index contributed by atoms with van der Waals surface area (Å²) in [6.07, 6.45) is 0. The second-order valence-electron chi connectivity index (χ2n) is 6.10. The average Bonchev–Trinajstić information content (AvgIpc) is 2.71. The Balaban J connectivity index is 1.79. The maximum absolute atomic E-state index is 6.06. The number of nitrogens with zero attached hydrogens (tertiary/aromatic N) is 4. The van der Waals surface area contributed by atoms with Gasteiger partial charge in [0.25, 0.3) is 0 Å². The smallest absolute Gasteiger partial charge is 0.241 e. The Bertz CT molecular complexity index is 1060. The number of aromatic nitrogens is 3. The van der Waals surface area contributed by atoms with Crippen LogP contribution in [0.3, 0.4) is 0 Å². The first-order chi connectivity index (χ1) is 14.1. The number of halogens is 2. The highest BCUT2D eigenvalue weighted by atomic mass is 35.5. The third-order valence-corrected chi connectivity index (χ3v) is 4.54. The highest BCUT2D eigenvalue weighted by Crippen LogP contribution is 2.34. The maximum atomic E-state index is 6.06. The fourth-order valence-electron chi connectivity index (χ4n) is 2.75. The molecule has 1 heterocycles. The van der Waals surface area contributed by atoms with E-state index >= 15 is 0 Å². The van der Waals surface area contributed by atoms with Gasteiger partial charge in [0.15, 0.2) is 0 Å². The molecular formula is C21H16Cl2N6. The van der Waals surface area contributed by atoms with Crippen LogP contribution in [0.1, 0.15) is 0 Å². The van der Waals surface area contributed by atoms with E-state index in [-0.39, 0.29) is 5.95 Å². The zero-order valence-corrected chi connectivity index (χ0v) is 16.6. The molecule has 29 heavy (non-hydrogen) atoms. The molecule has 3 N–H and O–H groups in total. The summed E-state index contributed by atoms with van der Waals surface area (Å²) in [5, 5.41) is 4.41. The molecule has 0 bridgehead atoms. The number of nitrogens with two attached hydrogens (primary N) is 1. The Labute approximate surface area is 178 Å². The molecule has 0 amide bonds. The van der Waals surface area contributed by atoms with E-state index in [1.165, 1.54) is 0 Å². The van der Waals surface area contributed by atoms with Crippen molar-refractivity contribution >= 4 is 58.1 Å². The lowest BCUT2D eigenvalue weighted by atomic mass is 10.2. The van der Waals surface area contributed by atoms with E-state index in [0.717, 1.165) is 17.1 Å². The standard InChI is InChI=1S/C21H16Cl2N6/c22-14-6-10-17(11-7-14)29(18-12-8-15(23)9-13-18)21-27-19(24)26-20(28-21)25-16-4-2-1-3-5-16/h1-13H,(H3,24,25,26,27,28). The third kappa shape index (κ3) is 4.56. The van der Waals surface area contributed by atoms with Crippen LogP contribution in [-0.4, -0.2) is 15.0 Å². The van der Waals surface area contributed by atoms with Gasteiger partial charge in [0, 0.05) is 27.1 Å². The van der Waals surface area contributed by atoms with Crippen LogP contribution in [0.25, 0.3) is 0 Å². The van der Waals surface area contributed by atoms with Crippen molar-refractivity contribution in [3.63, 3.8) is 0 Å². The van der Waals surface area contributed by atoms with Crippen LogP contribution < -0.4 is 16.0 Å². The SMILES string of the molecule is Nc1nc(Nc2ccccc2)nc(N(c2ccc(Cl)cc2)c2ccc(Cl)cc2)n1. The van der Waals surface area contributed by atoms with E-state index in [0.29, 0.717) is 21.9 Å². The van der Waals surface area contributed by atoms with Crippen LogP contribution in [0.4, 0.5) is 34.9 Å². The first kappa shape index (κ1) is 19.0. The average molecular weight is 423 g/mol. The minimum absolute atomic E-state index is 0.0985. The molecule has 4 aromatic rings.